The van der Waals surface area contributed by atoms with Gasteiger partial charge in [0, 0.05) is 28.7 Å². The molecule has 0 aliphatic heterocycles. The van der Waals surface area contributed by atoms with Crippen LogP contribution >= 0.6 is 24.0 Å². The first kappa shape index (κ1) is 15.6. The fourth-order valence-electron chi connectivity index (χ4n) is 2.51. The van der Waals surface area contributed by atoms with Gasteiger partial charge in [-0.1, -0.05) is 39.1 Å². The minimum Gasteiger partial charge on any atom is -0.389 e. The number of thiocarbonyl (C=S) groups is 1. The summed E-state index contributed by atoms with van der Waals surface area (Å²) in [7, 11) is 0. The monoisotopic (exact) mass is 308 g/mol. The molecular formula is C16H24N2S2. The Hall–Kier alpha value is -0.740. The fourth-order valence-corrected chi connectivity index (χ4v) is 3.63. The van der Waals surface area contributed by atoms with Gasteiger partial charge in [0.05, 0.1) is 0 Å². The van der Waals surface area contributed by atoms with Gasteiger partial charge in [0.1, 0.15) is 4.99 Å². The first-order valence-electron chi connectivity index (χ1n) is 7.36. The smallest absolute Gasteiger partial charge is 0.107 e. The van der Waals surface area contributed by atoms with Gasteiger partial charge in [-0.25, -0.2) is 0 Å². The van der Waals surface area contributed by atoms with Crippen LogP contribution in [0.15, 0.2) is 23.1 Å². The highest BCUT2D eigenvalue weighted by molar-refractivity contribution is 7.99. The molecule has 0 saturated heterocycles. The summed E-state index contributed by atoms with van der Waals surface area (Å²) in [4.78, 5) is 4.25. The van der Waals surface area contributed by atoms with E-state index in [0.29, 0.717) is 16.9 Å². The third-order valence-corrected chi connectivity index (χ3v) is 4.55. The van der Waals surface area contributed by atoms with Crippen molar-refractivity contribution in [3.8, 4) is 0 Å². The minimum atomic E-state index is 0.519. The van der Waals surface area contributed by atoms with E-state index in [-0.39, 0.29) is 0 Å². The Morgan fingerprint density at radius 3 is 2.65 bits per heavy atom. The summed E-state index contributed by atoms with van der Waals surface area (Å²) in [6.45, 7) is 7.76. The van der Waals surface area contributed by atoms with E-state index >= 15 is 0 Å². The van der Waals surface area contributed by atoms with E-state index in [1.54, 1.807) is 0 Å². The molecule has 0 heterocycles. The van der Waals surface area contributed by atoms with Crippen LogP contribution in [0.25, 0.3) is 0 Å². The second kappa shape index (κ2) is 6.81. The molecule has 0 spiro atoms. The number of nitrogens with two attached hydrogens (primary N) is 1. The van der Waals surface area contributed by atoms with Crippen LogP contribution in [0.2, 0.25) is 0 Å². The normalized spacial score (nSPS) is 14.6. The van der Waals surface area contributed by atoms with Crippen LogP contribution in [0.3, 0.4) is 0 Å². The van der Waals surface area contributed by atoms with Crippen LogP contribution in [0.5, 0.6) is 0 Å². The molecule has 2 N–H and O–H groups in total. The molecule has 2 rings (SSSR count). The highest BCUT2D eigenvalue weighted by atomic mass is 32.2. The van der Waals surface area contributed by atoms with Gasteiger partial charge in [-0.3, -0.25) is 0 Å². The summed E-state index contributed by atoms with van der Waals surface area (Å²) in [5.41, 5.74) is 8.33. The maximum absolute atomic E-state index is 6.03. The van der Waals surface area contributed by atoms with E-state index in [0.717, 1.165) is 17.9 Å². The third kappa shape index (κ3) is 3.67. The molecule has 0 atom stereocenters. The molecule has 0 amide bonds. The molecule has 0 unspecified atom stereocenters. The Morgan fingerprint density at radius 1 is 1.45 bits per heavy atom. The Bertz CT molecular complexity index is 481. The highest BCUT2D eigenvalue weighted by Gasteiger charge is 2.31. The Balaban J connectivity index is 2.42. The summed E-state index contributed by atoms with van der Waals surface area (Å²) < 4.78 is 0. The molecule has 1 saturated carbocycles. The zero-order valence-corrected chi connectivity index (χ0v) is 14.2. The summed E-state index contributed by atoms with van der Waals surface area (Å²) in [5, 5.41) is 0. The second-order valence-corrected chi connectivity index (χ2v) is 7.47. The maximum atomic E-state index is 6.03. The van der Waals surface area contributed by atoms with Crippen molar-refractivity contribution < 1.29 is 0 Å². The molecule has 0 bridgehead atoms. The van der Waals surface area contributed by atoms with Crippen LogP contribution < -0.4 is 10.6 Å². The van der Waals surface area contributed by atoms with E-state index in [4.69, 9.17) is 18.0 Å². The molecule has 1 fully saturated rings. The SMILES string of the molecule is CCSc1cccc(N(CC(C)C)C2CC2)c1C(N)=S. The van der Waals surface area contributed by atoms with E-state index in [2.05, 4.69) is 43.9 Å². The second-order valence-electron chi connectivity index (χ2n) is 5.72. The highest BCUT2D eigenvalue weighted by Crippen LogP contribution is 2.37. The van der Waals surface area contributed by atoms with Crippen molar-refractivity contribution >= 4 is 34.7 Å². The number of rotatable bonds is 7. The summed E-state index contributed by atoms with van der Waals surface area (Å²) >= 11 is 7.15. The molecule has 1 aliphatic carbocycles. The lowest BCUT2D eigenvalue weighted by molar-refractivity contribution is 0.607. The molecule has 4 heteroatoms. The summed E-state index contributed by atoms with van der Waals surface area (Å²) in [5.74, 6) is 1.67. The van der Waals surface area contributed by atoms with E-state index in [1.165, 1.54) is 23.4 Å². The molecule has 1 aromatic rings. The van der Waals surface area contributed by atoms with Crippen molar-refractivity contribution in [2.45, 2.75) is 44.6 Å². The van der Waals surface area contributed by atoms with Gasteiger partial charge in [-0.2, -0.15) is 0 Å². The zero-order valence-electron chi connectivity index (χ0n) is 12.6. The molecule has 0 radical (unpaired) electrons. The predicted molar refractivity (Wildman–Crippen MR) is 93.9 cm³/mol. The predicted octanol–water partition coefficient (Wildman–Crippen LogP) is 4.06. The average Bonchev–Trinajstić information content (AvgIpc) is 3.19. The standard InChI is InChI=1S/C16H24N2S2/c1-4-20-14-7-5-6-13(15(14)16(17)19)18(10-11(2)3)12-8-9-12/h5-7,11-12H,4,8-10H2,1-3H3,(H2,17,19). The number of hydrogen-bond donors (Lipinski definition) is 1. The molecule has 2 nitrogen and oxygen atoms in total. The number of nitrogens with zero attached hydrogens (tertiary/aromatic N) is 1. The maximum Gasteiger partial charge on any atom is 0.107 e. The van der Waals surface area contributed by atoms with Crippen molar-refractivity contribution in [2.75, 3.05) is 17.2 Å². The fraction of sp³-hybridized carbons (Fsp3) is 0.562. The van der Waals surface area contributed by atoms with Crippen LogP contribution in [0.4, 0.5) is 5.69 Å². The molecule has 20 heavy (non-hydrogen) atoms. The van der Waals surface area contributed by atoms with Crippen molar-refractivity contribution in [3.05, 3.63) is 23.8 Å². The van der Waals surface area contributed by atoms with Crippen molar-refractivity contribution in [2.24, 2.45) is 11.7 Å². The number of thioether (sulfide) groups is 1. The Kier molecular flexibility index (Phi) is 5.33. The van der Waals surface area contributed by atoms with Gasteiger partial charge in [0.2, 0.25) is 0 Å². The van der Waals surface area contributed by atoms with E-state index < -0.39 is 0 Å². The summed E-state index contributed by atoms with van der Waals surface area (Å²) in [6.07, 6.45) is 2.57. The number of benzene rings is 1. The van der Waals surface area contributed by atoms with Crippen LogP contribution in [-0.2, 0) is 0 Å². The van der Waals surface area contributed by atoms with Gasteiger partial charge in [0.25, 0.3) is 0 Å². The first-order valence-corrected chi connectivity index (χ1v) is 8.76. The largest absolute Gasteiger partial charge is 0.389 e. The topological polar surface area (TPSA) is 29.3 Å². The van der Waals surface area contributed by atoms with Crippen LogP contribution in [-0.4, -0.2) is 23.3 Å². The molecular weight excluding hydrogens is 284 g/mol. The van der Waals surface area contributed by atoms with Crippen LogP contribution in [0.1, 0.15) is 39.2 Å². The molecule has 110 valence electrons. The summed E-state index contributed by atoms with van der Waals surface area (Å²) in [6, 6.07) is 7.11. The van der Waals surface area contributed by atoms with Gasteiger partial charge in [0.15, 0.2) is 0 Å². The Labute approximate surface area is 132 Å². The average molecular weight is 309 g/mol. The third-order valence-electron chi connectivity index (χ3n) is 3.41. The van der Waals surface area contributed by atoms with Crippen molar-refractivity contribution in [3.63, 3.8) is 0 Å². The molecule has 1 aromatic carbocycles. The first-order chi connectivity index (χ1) is 9.54. The lowest BCUT2D eigenvalue weighted by Gasteiger charge is -2.29. The van der Waals surface area contributed by atoms with E-state index in [9.17, 15) is 0 Å². The van der Waals surface area contributed by atoms with Gasteiger partial charge >= 0.3 is 0 Å². The molecule has 0 aromatic heterocycles. The lowest BCUT2D eigenvalue weighted by atomic mass is 10.1. The zero-order chi connectivity index (χ0) is 14.7. The van der Waals surface area contributed by atoms with Gasteiger partial charge in [-0.05, 0) is 36.6 Å². The van der Waals surface area contributed by atoms with Gasteiger partial charge < -0.3 is 10.6 Å². The lowest BCUT2D eigenvalue weighted by Crippen LogP contribution is -2.32. The Morgan fingerprint density at radius 2 is 2.15 bits per heavy atom. The minimum absolute atomic E-state index is 0.519. The number of anilines is 1. The molecule has 1 aliphatic rings. The van der Waals surface area contributed by atoms with Gasteiger partial charge in [-0.15, -0.1) is 11.8 Å². The van der Waals surface area contributed by atoms with Crippen LogP contribution in [0, 0.1) is 5.92 Å². The van der Waals surface area contributed by atoms with E-state index in [1.807, 2.05) is 11.8 Å². The van der Waals surface area contributed by atoms with Crippen molar-refractivity contribution in [1.82, 2.24) is 0 Å². The quantitative estimate of drug-likeness (QED) is 0.607. The van der Waals surface area contributed by atoms with Crippen molar-refractivity contribution in [1.29, 1.82) is 0 Å². The number of hydrogen-bond acceptors (Lipinski definition) is 3.